The number of hydrogen-bond acceptors (Lipinski definition) is 5. The maximum atomic E-state index is 6.12. The molecule has 0 aliphatic carbocycles. The van der Waals surface area contributed by atoms with E-state index in [0.717, 1.165) is 79.4 Å². The second-order valence-corrected chi connectivity index (χ2v) is 8.13. The van der Waals surface area contributed by atoms with E-state index < -0.39 is 0 Å². The quantitative estimate of drug-likeness (QED) is 0.140. The van der Waals surface area contributed by atoms with E-state index >= 15 is 0 Å². The zero-order valence-corrected chi connectivity index (χ0v) is 21.0. The van der Waals surface area contributed by atoms with Crippen molar-refractivity contribution in [3.05, 3.63) is 71.3 Å². The molecule has 0 bridgehead atoms. The normalized spacial score (nSPS) is 11.9. The number of rotatable bonds is 15. The maximum Gasteiger partial charge on any atom is 0.125 e. The van der Waals surface area contributed by atoms with Crippen LogP contribution in [0.15, 0.2) is 59.8 Å². The van der Waals surface area contributed by atoms with Crippen molar-refractivity contribution in [3.8, 4) is 11.5 Å². The summed E-state index contributed by atoms with van der Waals surface area (Å²) >= 11 is 0. The first-order valence-electron chi connectivity index (χ1n) is 11.9. The van der Waals surface area contributed by atoms with Crippen molar-refractivity contribution in [2.45, 2.75) is 47.0 Å². The number of allylic oxidation sites excluding steroid dienone is 1. The molecular weight excluding hydrogens is 412 g/mol. The Balaban J connectivity index is 1.75. The number of likely N-dealkylation sites (N-methyl/N-ethyl adjacent to an activating group) is 1. The number of hydrogen-bond donors (Lipinski definition) is 0. The summed E-state index contributed by atoms with van der Waals surface area (Å²) < 4.78 is 11.9. The predicted octanol–water partition coefficient (Wildman–Crippen LogP) is 6.18. The second-order valence-electron chi connectivity index (χ2n) is 8.13. The van der Waals surface area contributed by atoms with Crippen LogP contribution in [0.2, 0.25) is 0 Å². The lowest BCUT2D eigenvalue weighted by molar-refractivity contribution is 0.210. The third-order valence-corrected chi connectivity index (χ3v) is 5.51. The highest BCUT2D eigenvalue weighted by Crippen LogP contribution is 2.28. The summed E-state index contributed by atoms with van der Waals surface area (Å²) in [5.74, 6) is 1.87. The highest BCUT2D eigenvalue weighted by molar-refractivity contribution is 6.01. The Hall–Kier alpha value is -2.79. The second kappa shape index (κ2) is 15.1. The van der Waals surface area contributed by atoms with Crippen molar-refractivity contribution < 1.29 is 14.3 Å². The van der Waals surface area contributed by atoms with Crippen LogP contribution >= 0.6 is 0 Å². The first-order chi connectivity index (χ1) is 16.1. The lowest BCUT2D eigenvalue weighted by Gasteiger charge is -2.21. The van der Waals surface area contributed by atoms with Gasteiger partial charge in [-0.2, -0.15) is 0 Å². The van der Waals surface area contributed by atoms with Crippen molar-refractivity contribution in [1.82, 2.24) is 4.90 Å². The van der Waals surface area contributed by atoms with Crippen LogP contribution in [-0.4, -0.2) is 50.6 Å². The number of aryl methyl sites for hydroxylation is 2. The molecule has 0 aliphatic rings. The minimum Gasteiger partial charge on any atom is -0.493 e. The fourth-order valence-corrected chi connectivity index (χ4v) is 3.72. The van der Waals surface area contributed by atoms with E-state index in [2.05, 4.69) is 55.1 Å². The lowest BCUT2D eigenvalue weighted by atomic mass is 10.1. The number of ether oxygens (including phenoxy) is 2. The first-order valence-corrected chi connectivity index (χ1v) is 11.9. The van der Waals surface area contributed by atoms with Gasteiger partial charge in [0.25, 0.3) is 0 Å². The zero-order chi connectivity index (χ0) is 23.9. The molecule has 0 aromatic heterocycles. The van der Waals surface area contributed by atoms with Gasteiger partial charge in [0, 0.05) is 12.1 Å². The SMILES string of the molecule is C/C=C/COc1cc(C)c(OCCCCCN(CC)C/C(=N/OC)c2ccccc2)c(C)c1. The molecule has 2 rings (SSSR count). The van der Waals surface area contributed by atoms with E-state index in [-0.39, 0.29) is 0 Å². The maximum absolute atomic E-state index is 6.12. The van der Waals surface area contributed by atoms with Crippen LogP contribution in [0.25, 0.3) is 0 Å². The van der Waals surface area contributed by atoms with Crippen molar-refractivity contribution in [2.24, 2.45) is 5.16 Å². The van der Waals surface area contributed by atoms with Crippen molar-refractivity contribution in [1.29, 1.82) is 0 Å². The molecule has 0 fully saturated rings. The van der Waals surface area contributed by atoms with E-state index in [1.165, 1.54) is 0 Å². The van der Waals surface area contributed by atoms with Crippen LogP contribution in [-0.2, 0) is 4.84 Å². The molecule has 5 nitrogen and oxygen atoms in total. The Kier molecular flexibility index (Phi) is 12.1. The van der Waals surface area contributed by atoms with Gasteiger partial charge in [-0.25, -0.2) is 0 Å². The van der Waals surface area contributed by atoms with Crippen LogP contribution in [0.5, 0.6) is 11.5 Å². The number of unbranched alkanes of at least 4 members (excludes halogenated alkanes) is 2. The van der Waals surface area contributed by atoms with Crippen LogP contribution in [0.3, 0.4) is 0 Å². The smallest absolute Gasteiger partial charge is 0.125 e. The summed E-state index contributed by atoms with van der Waals surface area (Å²) in [5, 5.41) is 4.26. The Labute approximate surface area is 200 Å². The summed E-state index contributed by atoms with van der Waals surface area (Å²) in [7, 11) is 1.60. The van der Waals surface area contributed by atoms with E-state index in [0.29, 0.717) is 6.61 Å². The van der Waals surface area contributed by atoms with Gasteiger partial charge in [0.15, 0.2) is 0 Å². The average molecular weight is 453 g/mol. The molecule has 0 saturated heterocycles. The van der Waals surface area contributed by atoms with Gasteiger partial charge in [-0.1, -0.05) is 54.6 Å². The summed E-state index contributed by atoms with van der Waals surface area (Å²) in [5.41, 5.74) is 4.31. The Morgan fingerprint density at radius 3 is 2.36 bits per heavy atom. The van der Waals surface area contributed by atoms with Gasteiger partial charge in [-0.15, -0.1) is 0 Å². The van der Waals surface area contributed by atoms with Crippen LogP contribution in [0.4, 0.5) is 0 Å². The summed E-state index contributed by atoms with van der Waals surface area (Å²) in [6.07, 6.45) is 7.28. The van der Waals surface area contributed by atoms with Crippen LogP contribution in [0, 0.1) is 13.8 Å². The molecule has 0 aliphatic heterocycles. The topological polar surface area (TPSA) is 43.3 Å². The summed E-state index contributed by atoms with van der Waals surface area (Å²) in [6.45, 7) is 12.5. The lowest BCUT2D eigenvalue weighted by Crippen LogP contribution is -2.31. The monoisotopic (exact) mass is 452 g/mol. The number of oxime groups is 1. The molecule has 0 unspecified atom stereocenters. The Morgan fingerprint density at radius 1 is 1.00 bits per heavy atom. The number of benzene rings is 2. The van der Waals surface area contributed by atoms with Crippen molar-refractivity contribution >= 4 is 5.71 Å². The van der Waals surface area contributed by atoms with E-state index in [1.54, 1.807) is 7.11 Å². The molecule has 0 spiro atoms. The molecule has 33 heavy (non-hydrogen) atoms. The van der Waals surface area contributed by atoms with Gasteiger partial charge in [-0.3, -0.25) is 4.90 Å². The Morgan fingerprint density at radius 2 is 1.73 bits per heavy atom. The van der Waals surface area contributed by atoms with Crippen LogP contribution < -0.4 is 9.47 Å². The van der Waals surface area contributed by atoms with Gasteiger partial charge < -0.3 is 14.3 Å². The molecule has 0 amide bonds. The molecular formula is C28H40N2O3. The van der Waals surface area contributed by atoms with Gasteiger partial charge in [0.2, 0.25) is 0 Å². The molecule has 2 aromatic rings. The molecule has 0 atom stereocenters. The van der Waals surface area contributed by atoms with Gasteiger partial charge >= 0.3 is 0 Å². The van der Waals surface area contributed by atoms with Crippen LogP contribution in [0.1, 0.15) is 49.8 Å². The van der Waals surface area contributed by atoms with E-state index in [1.807, 2.05) is 37.3 Å². The van der Waals surface area contributed by atoms with Gasteiger partial charge in [-0.05, 0) is 76.4 Å². The highest BCUT2D eigenvalue weighted by atomic mass is 16.6. The van der Waals surface area contributed by atoms with Crippen molar-refractivity contribution in [3.63, 3.8) is 0 Å². The zero-order valence-electron chi connectivity index (χ0n) is 21.0. The van der Waals surface area contributed by atoms with Crippen molar-refractivity contribution in [2.75, 3.05) is 40.0 Å². The molecule has 0 N–H and O–H groups in total. The standard InChI is InChI=1S/C28H40N2O3/c1-6-8-18-32-26-20-23(3)28(24(4)21-26)33-19-14-10-13-17-30(7-2)22-27(29-31-5)25-15-11-9-12-16-25/h6,8-9,11-12,15-16,20-21H,7,10,13-14,17-19,22H2,1-5H3/b8-6+,29-27-. The summed E-state index contributed by atoms with van der Waals surface area (Å²) in [6, 6.07) is 14.3. The molecule has 180 valence electrons. The molecule has 0 saturated carbocycles. The largest absolute Gasteiger partial charge is 0.493 e. The minimum atomic E-state index is 0.592. The molecule has 5 heteroatoms. The van der Waals surface area contributed by atoms with Gasteiger partial charge in [0.05, 0.1) is 6.61 Å². The third kappa shape index (κ3) is 9.30. The number of nitrogens with zero attached hydrogens (tertiary/aromatic N) is 2. The predicted molar refractivity (Wildman–Crippen MR) is 138 cm³/mol. The highest BCUT2D eigenvalue weighted by Gasteiger charge is 2.11. The minimum absolute atomic E-state index is 0.592. The fourth-order valence-electron chi connectivity index (χ4n) is 3.72. The average Bonchev–Trinajstić information content (AvgIpc) is 2.82. The molecule has 0 heterocycles. The fraction of sp³-hybridized carbons (Fsp3) is 0.464. The van der Waals surface area contributed by atoms with E-state index in [4.69, 9.17) is 14.3 Å². The van der Waals surface area contributed by atoms with E-state index in [9.17, 15) is 0 Å². The first kappa shape index (κ1) is 26.5. The van der Waals surface area contributed by atoms with Gasteiger partial charge in [0.1, 0.15) is 30.9 Å². The molecule has 2 aromatic carbocycles. The summed E-state index contributed by atoms with van der Waals surface area (Å²) in [4.78, 5) is 7.50. The Bertz CT molecular complexity index is 855. The third-order valence-electron chi connectivity index (χ3n) is 5.51. The molecule has 0 radical (unpaired) electrons.